The smallest absolute Gasteiger partial charge is 0.314 e. The SMILES string of the molecule is [2H]C1=C(C2CCC3(O)C4CCC5CC(OC6CC(O)C(OC7CC(O)C(OC8CC(O)C(O)C(C)O8)C(C)O7)C(C)O6)CCC5(C)C4CC(O)C23C)OC(=O)C1([2H])[2H]. The van der Waals surface area contributed by atoms with Gasteiger partial charge >= 0.3 is 5.97 Å². The topological polar surface area (TPSA) is 203 Å². The standard InChI is InChI=1S/C41H64O14/c1-19-36(47)27(42)16-34(49-19)54-38-21(3)51-35(18-29(38)44)55-37-20(2)50-33(17-28(37)43)52-23-10-12-39(4)22(14-23)6-7-24-26(39)15-31(45)40(5)25(11-13-41(24,40)48)30-8-9-32(46)53-30/h8,19-29,31,33-38,42-45,47-48H,6-7,9-18H2,1-5H3/i8D,9D2. The summed E-state index contributed by atoms with van der Waals surface area (Å²) in [5.41, 5.74) is -2.55. The molecule has 312 valence electrons. The molecule has 7 fully saturated rings. The molecule has 4 heterocycles. The van der Waals surface area contributed by atoms with E-state index < -0.39 is 115 Å². The number of aliphatic hydroxyl groups is 6. The van der Waals surface area contributed by atoms with Crippen LogP contribution in [0.25, 0.3) is 0 Å². The summed E-state index contributed by atoms with van der Waals surface area (Å²) in [6.07, 6.45) is -7.62. The van der Waals surface area contributed by atoms with Gasteiger partial charge in [0.25, 0.3) is 0 Å². The summed E-state index contributed by atoms with van der Waals surface area (Å²) in [6.45, 7) is 9.30. The predicted octanol–water partition coefficient (Wildman–Crippen LogP) is 2.57. The van der Waals surface area contributed by atoms with E-state index in [0.29, 0.717) is 19.3 Å². The van der Waals surface area contributed by atoms with Gasteiger partial charge < -0.3 is 63.8 Å². The molecular weight excluding hydrogens is 716 g/mol. The Hall–Kier alpha value is -1.27. The second-order valence-corrected chi connectivity index (χ2v) is 18.5. The van der Waals surface area contributed by atoms with Gasteiger partial charge in [-0.2, -0.15) is 0 Å². The van der Waals surface area contributed by atoms with Gasteiger partial charge in [-0.05, 0) is 101 Å². The van der Waals surface area contributed by atoms with Gasteiger partial charge in [0.15, 0.2) is 18.9 Å². The van der Waals surface area contributed by atoms with E-state index >= 15 is 0 Å². The van der Waals surface area contributed by atoms with E-state index in [1.807, 2.05) is 13.8 Å². The highest BCUT2D eigenvalue weighted by molar-refractivity contribution is 5.75. The predicted molar refractivity (Wildman–Crippen MR) is 192 cm³/mol. The molecule has 8 rings (SSSR count). The number of cyclic esters (lactones) is 1. The maximum Gasteiger partial charge on any atom is 0.314 e. The molecule has 6 N–H and O–H groups in total. The van der Waals surface area contributed by atoms with Gasteiger partial charge in [-0.3, -0.25) is 4.79 Å². The van der Waals surface area contributed by atoms with E-state index in [2.05, 4.69) is 6.92 Å². The summed E-state index contributed by atoms with van der Waals surface area (Å²) >= 11 is 0. The van der Waals surface area contributed by atoms with Gasteiger partial charge in [-0.25, -0.2) is 0 Å². The van der Waals surface area contributed by atoms with Crippen LogP contribution in [-0.4, -0.2) is 128 Å². The molecule has 14 nitrogen and oxygen atoms in total. The maximum absolute atomic E-state index is 12.6. The molecule has 0 radical (unpaired) electrons. The Morgan fingerprint density at radius 3 is 1.93 bits per heavy atom. The number of fused-ring (bicyclic) bond motifs is 5. The Bertz CT molecular complexity index is 1550. The minimum atomic E-state index is -2.55. The van der Waals surface area contributed by atoms with Crippen molar-refractivity contribution in [1.82, 2.24) is 0 Å². The van der Waals surface area contributed by atoms with Crippen molar-refractivity contribution in [2.45, 2.75) is 203 Å². The first-order valence-electron chi connectivity index (χ1n) is 22.2. The second kappa shape index (κ2) is 15.1. The first kappa shape index (κ1) is 36.8. The highest BCUT2D eigenvalue weighted by Crippen LogP contribution is 2.70. The molecule has 8 aliphatic rings. The van der Waals surface area contributed by atoms with Gasteiger partial charge in [0, 0.05) is 33.3 Å². The van der Waals surface area contributed by atoms with Crippen molar-refractivity contribution in [3.63, 3.8) is 0 Å². The van der Waals surface area contributed by atoms with Crippen LogP contribution in [-0.2, 0) is 38.0 Å². The number of carbonyl (C=O) groups is 1. The number of esters is 1. The Balaban J connectivity index is 0.849. The fraction of sp³-hybridized carbons (Fsp3) is 0.927. The summed E-state index contributed by atoms with van der Waals surface area (Å²) in [4.78, 5) is 12.3. The van der Waals surface area contributed by atoms with Crippen molar-refractivity contribution in [2.24, 2.45) is 34.5 Å². The molecule has 4 aliphatic carbocycles. The van der Waals surface area contributed by atoms with Crippen LogP contribution in [0.3, 0.4) is 0 Å². The van der Waals surface area contributed by atoms with E-state index in [1.165, 1.54) is 0 Å². The molecule has 14 heteroatoms. The van der Waals surface area contributed by atoms with Crippen LogP contribution in [0.15, 0.2) is 11.8 Å². The fourth-order valence-electron chi connectivity index (χ4n) is 12.4. The number of allylic oxidation sites excluding steroid dienone is 1. The minimum Gasteiger partial charge on any atom is -0.431 e. The van der Waals surface area contributed by atoms with Crippen molar-refractivity contribution in [1.29, 1.82) is 0 Å². The third-order valence-electron chi connectivity index (χ3n) is 15.6. The van der Waals surface area contributed by atoms with Gasteiger partial charge in [0.2, 0.25) is 0 Å². The molecule has 0 aromatic carbocycles. The van der Waals surface area contributed by atoms with E-state index in [4.69, 9.17) is 37.3 Å². The fourth-order valence-corrected chi connectivity index (χ4v) is 12.4. The molecule has 21 unspecified atom stereocenters. The lowest BCUT2D eigenvalue weighted by Crippen LogP contribution is -2.67. The highest BCUT2D eigenvalue weighted by atomic mass is 16.7. The van der Waals surface area contributed by atoms with Crippen LogP contribution in [0.4, 0.5) is 0 Å². The van der Waals surface area contributed by atoms with Crippen molar-refractivity contribution >= 4 is 5.97 Å². The van der Waals surface area contributed by atoms with Gasteiger partial charge in [-0.15, -0.1) is 0 Å². The summed E-state index contributed by atoms with van der Waals surface area (Å²) in [5.74, 6) is -1.62. The van der Waals surface area contributed by atoms with E-state index in [9.17, 15) is 35.4 Å². The van der Waals surface area contributed by atoms with Crippen LogP contribution < -0.4 is 0 Å². The number of aliphatic hydroxyl groups excluding tert-OH is 5. The molecule has 0 bridgehead atoms. The van der Waals surface area contributed by atoms with Crippen molar-refractivity contribution in [3.05, 3.63) is 11.8 Å². The molecule has 0 aromatic rings. The van der Waals surface area contributed by atoms with Crippen LogP contribution in [0.2, 0.25) is 0 Å². The van der Waals surface area contributed by atoms with Crippen LogP contribution in [0.1, 0.15) is 116 Å². The Morgan fingerprint density at radius 2 is 1.35 bits per heavy atom. The molecule has 0 spiro atoms. The Kier molecular flexibility index (Phi) is 10.1. The van der Waals surface area contributed by atoms with Gasteiger partial charge in [0.1, 0.15) is 24.1 Å². The maximum atomic E-state index is 12.6. The zero-order valence-corrected chi connectivity index (χ0v) is 32.6. The monoisotopic (exact) mass is 783 g/mol. The largest absolute Gasteiger partial charge is 0.431 e. The molecule has 21 atom stereocenters. The van der Waals surface area contributed by atoms with Crippen LogP contribution in [0, 0.1) is 34.5 Å². The molecule has 0 aromatic heterocycles. The minimum absolute atomic E-state index is 0.0306. The lowest BCUT2D eigenvalue weighted by molar-refractivity contribution is -0.336. The lowest BCUT2D eigenvalue weighted by Gasteiger charge is -2.65. The first-order valence-corrected chi connectivity index (χ1v) is 20.7. The lowest BCUT2D eigenvalue weighted by atomic mass is 9.42. The number of hydrogen-bond acceptors (Lipinski definition) is 14. The second-order valence-electron chi connectivity index (χ2n) is 18.5. The Morgan fingerprint density at radius 1 is 0.745 bits per heavy atom. The zero-order valence-electron chi connectivity index (χ0n) is 35.6. The van der Waals surface area contributed by atoms with Gasteiger partial charge in [-0.1, -0.05) is 13.8 Å². The summed E-state index contributed by atoms with van der Waals surface area (Å²) in [5, 5.41) is 67.0. The molecule has 3 saturated heterocycles. The van der Waals surface area contributed by atoms with Crippen molar-refractivity contribution in [3.8, 4) is 0 Å². The summed E-state index contributed by atoms with van der Waals surface area (Å²) in [6, 6.07) is -0.511. The van der Waals surface area contributed by atoms with Crippen molar-refractivity contribution < 1.29 is 72.7 Å². The third-order valence-corrected chi connectivity index (χ3v) is 15.6. The van der Waals surface area contributed by atoms with Crippen LogP contribution >= 0.6 is 0 Å². The number of hydrogen-bond donors (Lipinski definition) is 6. The summed E-state index contributed by atoms with van der Waals surface area (Å²) in [7, 11) is 0. The quantitative estimate of drug-likeness (QED) is 0.163. The number of carbonyl (C=O) groups excluding carboxylic acids is 1. The number of rotatable bonds is 7. The van der Waals surface area contributed by atoms with E-state index in [1.54, 1.807) is 13.8 Å². The average Bonchev–Trinajstić information content (AvgIpc) is 3.54. The molecule has 4 saturated carbocycles. The molecule has 0 amide bonds. The van der Waals surface area contributed by atoms with Gasteiger partial charge in [0.05, 0.1) is 62.2 Å². The van der Waals surface area contributed by atoms with Crippen molar-refractivity contribution in [2.75, 3.05) is 0 Å². The van der Waals surface area contributed by atoms with E-state index in [0.717, 1.165) is 32.1 Å². The van der Waals surface area contributed by atoms with E-state index in [-0.39, 0.29) is 54.3 Å². The Labute approximate surface area is 328 Å². The zero-order chi connectivity index (χ0) is 41.9. The van der Waals surface area contributed by atoms with Crippen LogP contribution in [0.5, 0.6) is 0 Å². The highest BCUT2D eigenvalue weighted by Gasteiger charge is 2.71. The average molecular weight is 784 g/mol. The molecule has 55 heavy (non-hydrogen) atoms. The first-order chi connectivity index (χ1) is 27.2. The third kappa shape index (κ3) is 6.95. The summed E-state index contributed by atoms with van der Waals surface area (Å²) < 4.78 is 66.7. The normalized spacial score (nSPS) is 57.4. The number of ether oxygens (including phenoxy) is 7. The molecular formula is C41H64O14. The molecule has 4 aliphatic heterocycles.